The quantitative estimate of drug-likeness (QED) is 0.295. The van der Waals surface area contributed by atoms with Crippen molar-refractivity contribution in [2.45, 2.75) is 13.3 Å². The smallest absolute Gasteiger partial charge is 0.262 e. The van der Waals surface area contributed by atoms with Gasteiger partial charge in [0.25, 0.3) is 5.91 Å². The molecule has 0 spiro atoms. The lowest BCUT2D eigenvalue weighted by atomic mass is 10.1. The zero-order valence-electron chi connectivity index (χ0n) is 16.7. The number of hydrogen-bond acceptors (Lipinski definition) is 4. The molecule has 0 unspecified atom stereocenters. The number of hydrogen-bond donors (Lipinski definition) is 1. The van der Waals surface area contributed by atoms with Crippen molar-refractivity contribution in [1.29, 1.82) is 0 Å². The van der Waals surface area contributed by atoms with Gasteiger partial charge in [-0.15, -0.1) is 0 Å². The molecule has 0 radical (unpaired) electrons. The lowest BCUT2D eigenvalue weighted by Crippen LogP contribution is -2.20. The number of fused-ring (bicyclic) bond motifs is 1. The minimum absolute atomic E-state index is 0.184. The maximum atomic E-state index is 12.3. The van der Waals surface area contributed by atoms with Gasteiger partial charge < -0.3 is 14.5 Å². The number of ether oxygens (including phenoxy) is 1. The second-order valence-electron chi connectivity index (χ2n) is 7.09. The van der Waals surface area contributed by atoms with Crippen LogP contribution in [0.4, 0.5) is 5.69 Å². The van der Waals surface area contributed by atoms with E-state index in [-0.39, 0.29) is 12.5 Å². The molecule has 4 aromatic rings. The number of halogens is 4. The van der Waals surface area contributed by atoms with Crippen LogP contribution in [0, 0.1) is 6.92 Å². The van der Waals surface area contributed by atoms with Gasteiger partial charge >= 0.3 is 0 Å². The van der Waals surface area contributed by atoms with Crippen molar-refractivity contribution in [3.63, 3.8) is 0 Å². The van der Waals surface area contributed by atoms with Gasteiger partial charge in [0.05, 0.1) is 10.0 Å². The topological polar surface area (TPSA) is 64.4 Å². The highest BCUT2D eigenvalue weighted by Crippen LogP contribution is 2.32. The van der Waals surface area contributed by atoms with Gasteiger partial charge in [-0.25, -0.2) is 4.98 Å². The molecule has 3 aromatic carbocycles. The molecule has 0 atom stereocenters. The summed E-state index contributed by atoms with van der Waals surface area (Å²) in [5.41, 5.74) is 3.45. The van der Waals surface area contributed by atoms with Gasteiger partial charge in [-0.2, -0.15) is 0 Å². The van der Waals surface area contributed by atoms with E-state index in [4.69, 9.17) is 55.6 Å². The summed E-state index contributed by atoms with van der Waals surface area (Å²) in [5.74, 6) is 0.638. The van der Waals surface area contributed by atoms with Crippen molar-refractivity contribution in [3.05, 3.63) is 85.6 Å². The number of carbonyl (C=O) groups is 1. The van der Waals surface area contributed by atoms with Gasteiger partial charge in [0, 0.05) is 22.2 Å². The molecule has 1 amide bonds. The average Bonchev–Trinajstić information content (AvgIpc) is 3.11. The molecule has 32 heavy (non-hydrogen) atoms. The minimum atomic E-state index is -0.311. The van der Waals surface area contributed by atoms with Crippen molar-refractivity contribution >= 4 is 69.1 Å². The normalized spacial score (nSPS) is 11.0. The molecule has 164 valence electrons. The average molecular weight is 510 g/mol. The van der Waals surface area contributed by atoms with Crippen LogP contribution in [0.15, 0.2) is 52.9 Å². The molecule has 0 fully saturated rings. The number of nitrogens with zero attached hydrogens (tertiary/aromatic N) is 1. The highest BCUT2D eigenvalue weighted by Gasteiger charge is 2.12. The summed E-state index contributed by atoms with van der Waals surface area (Å²) < 4.78 is 11.3. The Balaban J connectivity index is 1.37. The van der Waals surface area contributed by atoms with Crippen molar-refractivity contribution < 1.29 is 13.9 Å². The highest BCUT2D eigenvalue weighted by atomic mass is 35.5. The van der Waals surface area contributed by atoms with E-state index in [1.165, 1.54) is 0 Å². The molecule has 0 aliphatic rings. The lowest BCUT2D eigenvalue weighted by molar-refractivity contribution is -0.118. The van der Waals surface area contributed by atoms with Gasteiger partial charge in [0.15, 0.2) is 18.1 Å². The Morgan fingerprint density at radius 3 is 2.41 bits per heavy atom. The van der Waals surface area contributed by atoms with Crippen molar-refractivity contribution in [1.82, 2.24) is 4.98 Å². The molecule has 1 N–H and O–H groups in total. The summed E-state index contributed by atoms with van der Waals surface area (Å²) >= 11 is 24.3. The first-order valence-electron chi connectivity index (χ1n) is 9.50. The zero-order valence-corrected chi connectivity index (χ0v) is 19.7. The molecule has 1 aromatic heterocycles. The fraction of sp³-hybridized carbons (Fsp3) is 0.130. The highest BCUT2D eigenvalue weighted by molar-refractivity contribution is 6.38. The van der Waals surface area contributed by atoms with Crippen molar-refractivity contribution in [3.8, 4) is 5.75 Å². The number of rotatable bonds is 6. The Morgan fingerprint density at radius 1 is 1.00 bits per heavy atom. The molecule has 0 bridgehead atoms. The van der Waals surface area contributed by atoms with E-state index in [1.807, 2.05) is 19.1 Å². The number of aryl methyl sites for hydroxylation is 1. The number of carbonyl (C=O) groups excluding carboxylic acids is 1. The van der Waals surface area contributed by atoms with Gasteiger partial charge in [-0.05, 0) is 54.4 Å². The van der Waals surface area contributed by atoms with E-state index in [0.717, 1.165) is 11.1 Å². The molecular formula is C23H16Cl4N2O3. The molecule has 0 saturated heterocycles. The van der Waals surface area contributed by atoms with Crippen molar-refractivity contribution in [2.24, 2.45) is 0 Å². The second kappa shape index (κ2) is 9.59. The van der Waals surface area contributed by atoms with E-state index < -0.39 is 0 Å². The van der Waals surface area contributed by atoms with E-state index in [0.29, 0.717) is 54.9 Å². The van der Waals surface area contributed by atoms with Crippen LogP contribution < -0.4 is 10.1 Å². The number of amides is 1. The lowest BCUT2D eigenvalue weighted by Gasteiger charge is -2.12. The molecule has 9 heteroatoms. The van der Waals surface area contributed by atoms with Crippen LogP contribution in [0.2, 0.25) is 20.1 Å². The Labute approximate surface area is 204 Å². The number of aromatic nitrogens is 1. The maximum absolute atomic E-state index is 12.3. The van der Waals surface area contributed by atoms with Crippen LogP contribution in [0.1, 0.15) is 17.0 Å². The SMILES string of the molecule is Cc1cc(Cl)cc(Cl)c1OCC(=O)Nc1ccc(Cc2nc3cc(Cl)cc(Cl)c3o2)cc1. The van der Waals surface area contributed by atoms with E-state index >= 15 is 0 Å². The number of anilines is 1. The molecule has 0 saturated carbocycles. The standard InChI is InChI=1S/C23H16Cl4N2O3/c1-12-6-14(24)8-17(26)22(12)31-11-20(30)28-16-4-2-13(3-5-16)7-21-29-19-10-15(25)9-18(27)23(19)32-21/h2-6,8-10H,7,11H2,1H3,(H,28,30). The van der Waals surface area contributed by atoms with Crippen molar-refractivity contribution in [2.75, 3.05) is 11.9 Å². The molecular weight excluding hydrogens is 494 g/mol. The Kier molecular flexibility index (Phi) is 6.82. The summed E-state index contributed by atoms with van der Waals surface area (Å²) in [6.45, 7) is 1.62. The third-order valence-electron chi connectivity index (χ3n) is 4.59. The summed E-state index contributed by atoms with van der Waals surface area (Å²) in [6.07, 6.45) is 0.467. The fourth-order valence-corrected chi connectivity index (χ4v) is 4.34. The van der Waals surface area contributed by atoms with Gasteiger partial charge in [-0.3, -0.25) is 4.79 Å². The van der Waals surface area contributed by atoms with E-state index in [1.54, 1.807) is 36.4 Å². The van der Waals surface area contributed by atoms with Crippen LogP contribution in [0.25, 0.3) is 11.1 Å². The minimum Gasteiger partial charge on any atom is -0.482 e. The van der Waals surface area contributed by atoms with Crippen LogP contribution in [-0.2, 0) is 11.2 Å². The maximum Gasteiger partial charge on any atom is 0.262 e. The molecule has 5 nitrogen and oxygen atoms in total. The monoisotopic (exact) mass is 508 g/mol. The summed E-state index contributed by atoms with van der Waals surface area (Å²) in [7, 11) is 0. The molecule has 1 heterocycles. The molecule has 0 aliphatic carbocycles. The summed E-state index contributed by atoms with van der Waals surface area (Å²) in [4.78, 5) is 16.7. The second-order valence-corrected chi connectivity index (χ2v) is 8.77. The predicted molar refractivity (Wildman–Crippen MR) is 129 cm³/mol. The third kappa shape index (κ3) is 5.30. The zero-order chi connectivity index (χ0) is 22.8. The number of oxazole rings is 1. The Hall–Kier alpha value is -2.44. The first kappa shape index (κ1) is 22.7. The first-order valence-corrected chi connectivity index (χ1v) is 11.0. The number of nitrogens with one attached hydrogen (secondary N) is 1. The predicted octanol–water partition coefficient (Wildman–Crippen LogP) is 7.36. The van der Waals surface area contributed by atoms with Gasteiger partial charge in [0.2, 0.25) is 0 Å². The Morgan fingerprint density at radius 2 is 1.69 bits per heavy atom. The summed E-state index contributed by atoms with van der Waals surface area (Å²) in [6, 6.07) is 13.9. The fourth-order valence-electron chi connectivity index (χ4n) is 3.17. The van der Waals surface area contributed by atoms with Crippen LogP contribution in [0.3, 0.4) is 0 Å². The van der Waals surface area contributed by atoms with E-state index in [2.05, 4.69) is 10.3 Å². The molecule has 4 rings (SSSR count). The third-order valence-corrected chi connectivity index (χ3v) is 5.59. The Bertz CT molecular complexity index is 1280. The van der Waals surface area contributed by atoms with E-state index in [9.17, 15) is 4.79 Å². The van der Waals surface area contributed by atoms with Crippen LogP contribution in [0.5, 0.6) is 5.75 Å². The van der Waals surface area contributed by atoms with Crippen LogP contribution >= 0.6 is 46.4 Å². The van der Waals surface area contributed by atoms with Gasteiger partial charge in [0.1, 0.15) is 11.3 Å². The van der Waals surface area contributed by atoms with Gasteiger partial charge in [-0.1, -0.05) is 58.5 Å². The molecule has 0 aliphatic heterocycles. The number of benzene rings is 3. The summed E-state index contributed by atoms with van der Waals surface area (Å²) in [5, 5.41) is 4.57. The largest absolute Gasteiger partial charge is 0.482 e. The van der Waals surface area contributed by atoms with Crippen LogP contribution in [-0.4, -0.2) is 17.5 Å². The first-order chi connectivity index (χ1) is 15.3.